The first-order chi connectivity index (χ1) is 8.54. The molecule has 0 amide bonds. The van der Waals surface area contributed by atoms with E-state index in [1.807, 2.05) is 0 Å². The van der Waals surface area contributed by atoms with E-state index in [0.29, 0.717) is 6.04 Å². The molecular weight excluding hydrogens is 228 g/mol. The fourth-order valence-electron chi connectivity index (χ4n) is 2.70. The molecule has 0 aromatic rings. The Morgan fingerprint density at radius 1 is 1.33 bits per heavy atom. The van der Waals surface area contributed by atoms with Crippen molar-refractivity contribution >= 4 is 5.97 Å². The summed E-state index contributed by atoms with van der Waals surface area (Å²) in [5.41, 5.74) is 0. The zero-order valence-electron chi connectivity index (χ0n) is 12.2. The predicted molar refractivity (Wildman–Crippen MR) is 73.6 cm³/mol. The van der Waals surface area contributed by atoms with Crippen LogP contribution in [0, 0.1) is 0 Å². The Hall–Kier alpha value is -0.610. The molecule has 1 saturated carbocycles. The third-order valence-electron chi connectivity index (χ3n) is 3.69. The van der Waals surface area contributed by atoms with Crippen LogP contribution in [-0.4, -0.2) is 49.7 Å². The molecule has 1 unspecified atom stereocenters. The number of nitrogens with one attached hydrogen (secondary N) is 1. The lowest BCUT2D eigenvalue weighted by atomic mass is 9.94. The summed E-state index contributed by atoms with van der Waals surface area (Å²) in [6.07, 6.45) is 6.50. The van der Waals surface area contributed by atoms with Gasteiger partial charge in [-0.15, -0.1) is 0 Å². The van der Waals surface area contributed by atoms with Gasteiger partial charge in [0, 0.05) is 18.6 Å². The molecular formula is C14H28N2O2. The van der Waals surface area contributed by atoms with E-state index in [2.05, 4.69) is 31.1 Å². The van der Waals surface area contributed by atoms with E-state index in [1.165, 1.54) is 39.2 Å². The van der Waals surface area contributed by atoms with E-state index in [1.54, 1.807) is 0 Å². The van der Waals surface area contributed by atoms with Gasteiger partial charge in [0.25, 0.3) is 0 Å². The highest BCUT2D eigenvalue weighted by Crippen LogP contribution is 2.21. The quantitative estimate of drug-likeness (QED) is 0.736. The Kier molecular flexibility index (Phi) is 6.65. The largest absolute Gasteiger partial charge is 0.468 e. The van der Waals surface area contributed by atoms with Crippen molar-refractivity contribution in [2.45, 2.75) is 64.1 Å². The molecule has 1 N–H and O–H groups in total. The van der Waals surface area contributed by atoms with Crippen LogP contribution in [0.2, 0.25) is 0 Å². The number of esters is 1. The molecule has 1 fully saturated rings. The topological polar surface area (TPSA) is 41.6 Å². The Morgan fingerprint density at radius 2 is 1.94 bits per heavy atom. The van der Waals surface area contributed by atoms with E-state index < -0.39 is 0 Å². The van der Waals surface area contributed by atoms with E-state index in [9.17, 15) is 4.79 Å². The van der Waals surface area contributed by atoms with Crippen LogP contribution in [0.15, 0.2) is 0 Å². The van der Waals surface area contributed by atoms with Crippen LogP contribution in [-0.2, 0) is 9.53 Å². The highest BCUT2D eigenvalue weighted by molar-refractivity contribution is 5.75. The smallest absolute Gasteiger partial charge is 0.324 e. The number of nitrogens with zero attached hydrogens (tertiary/aromatic N) is 1. The molecule has 0 aromatic carbocycles. The van der Waals surface area contributed by atoms with Crippen LogP contribution in [0.25, 0.3) is 0 Å². The molecule has 0 bridgehead atoms. The monoisotopic (exact) mass is 256 g/mol. The first-order valence-electron chi connectivity index (χ1n) is 7.08. The van der Waals surface area contributed by atoms with E-state index in [-0.39, 0.29) is 18.1 Å². The van der Waals surface area contributed by atoms with Crippen molar-refractivity contribution in [3.8, 4) is 0 Å². The summed E-state index contributed by atoms with van der Waals surface area (Å²) in [6.45, 7) is 4.84. The minimum Gasteiger partial charge on any atom is -0.468 e. The average Bonchev–Trinajstić information content (AvgIpc) is 2.37. The fraction of sp³-hybridized carbons (Fsp3) is 0.929. The summed E-state index contributed by atoms with van der Waals surface area (Å²) in [4.78, 5) is 14.1. The van der Waals surface area contributed by atoms with Gasteiger partial charge in [-0.1, -0.05) is 33.1 Å². The maximum absolute atomic E-state index is 11.8. The van der Waals surface area contributed by atoms with Gasteiger partial charge >= 0.3 is 5.97 Å². The third-order valence-corrected chi connectivity index (χ3v) is 3.69. The molecule has 4 heteroatoms. The zero-order chi connectivity index (χ0) is 13.5. The molecule has 1 aliphatic carbocycles. The maximum Gasteiger partial charge on any atom is 0.324 e. The summed E-state index contributed by atoms with van der Waals surface area (Å²) < 4.78 is 4.87. The van der Waals surface area contributed by atoms with Crippen molar-refractivity contribution in [1.29, 1.82) is 0 Å². The zero-order valence-corrected chi connectivity index (χ0v) is 12.2. The Labute approximate surface area is 111 Å². The van der Waals surface area contributed by atoms with Gasteiger partial charge in [-0.05, 0) is 19.9 Å². The lowest BCUT2D eigenvalue weighted by Gasteiger charge is -2.33. The minimum atomic E-state index is -0.220. The first-order valence-corrected chi connectivity index (χ1v) is 7.08. The van der Waals surface area contributed by atoms with Gasteiger partial charge in [0.15, 0.2) is 0 Å². The van der Waals surface area contributed by atoms with Crippen LogP contribution in [0.3, 0.4) is 0 Å². The summed E-state index contributed by atoms with van der Waals surface area (Å²) >= 11 is 0. The third kappa shape index (κ3) is 4.94. The molecule has 0 aromatic heterocycles. The summed E-state index contributed by atoms with van der Waals surface area (Å²) in [5.74, 6) is -0.161. The van der Waals surface area contributed by atoms with Crippen molar-refractivity contribution in [2.75, 3.05) is 20.7 Å². The van der Waals surface area contributed by atoms with Crippen molar-refractivity contribution < 1.29 is 9.53 Å². The van der Waals surface area contributed by atoms with Crippen molar-refractivity contribution in [2.24, 2.45) is 0 Å². The normalized spacial score (nSPS) is 19.2. The molecule has 0 heterocycles. The van der Waals surface area contributed by atoms with Crippen molar-refractivity contribution in [3.05, 3.63) is 0 Å². The molecule has 1 atom stereocenters. The Morgan fingerprint density at radius 3 is 2.44 bits per heavy atom. The first kappa shape index (κ1) is 15.4. The highest BCUT2D eigenvalue weighted by atomic mass is 16.5. The standard InChI is InChI=1S/C14H28N2O2/c1-11(2)15-13(14(17)18-4)10-16(3)12-8-6-5-7-9-12/h11-13,15H,5-10H2,1-4H3. The molecule has 4 nitrogen and oxygen atoms in total. The van der Waals surface area contributed by atoms with E-state index in [4.69, 9.17) is 4.74 Å². The molecule has 0 saturated heterocycles. The molecule has 1 aliphatic rings. The van der Waals surface area contributed by atoms with E-state index in [0.717, 1.165) is 6.54 Å². The van der Waals surface area contributed by atoms with Crippen LogP contribution in [0.1, 0.15) is 46.0 Å². The number of hydrogen-bond donors (Lipinski definition) is 1. The molecule has 1 rings (SSSR count). The number of rotatable bonds is 6. The van der Waals surface area contributed by atoms with Crippen LogP contribution >= 0.6 is 0 Å². The Bertz CT molecular complexity index is 250. The summed E-state index contributed by atoms with van der Waals surface area (Å²) in [5, 5.41) is 3.28. The lowest BCUT2D eigenvalue weighted by Crippen LogP contribution is -2.50. The van der Waals surface area contributed by atoms with Crippen LogP contribution in [0.5, 0.6) is 0 Å². The number of hydrogen-bond acceptors (Lipinski definition) is 4. The number of carbonyl (C=O) groups excluding carboxylic acids is 1. The second-order valence-corrected chi connectivity index (χ2v) is 5.63. The van der Waals surface area contributed by atoms with Gasteiger partial charge in [0.1, 0.15) is 6.04 Å². The maximum atomic E-state index is 11.8. The van der Waals surface area contributed by atoms with Crippen LogP contribution in [0.4, 0.5) is 0 Å². The summed E-state index contributed by atoms with van der Waals surface area (Å²) in [6, 6.07) is 0.690. The Balaban J connectivity index is 2.49. The number of carbonyl (C=O) groups is 1. The number of likely N-dealkylation sites (N-methyl/N-ethyl adjacent to an activating group) is 1. The second kappa shape index (κ2) is 7.74. The van der Waals surface area contributed by atoms with Gasteiger partial charge in [-0.2, -0.15) is 0 Å². The van der Waals surface area contributed by atoms with Gasteiger partial charge in [0.2, 0.25) is 0 Å². The number of methoxy groups -OCH3 is 1. The van der Waals surface area contributed by atoms with Crippen molar-refractivity contribution in [3.63, 3.8) is 0 Å². The second-order valence-electron chi connectivity index (χ2n) is 5.63. The minimum absolute atomic E-state index is 0.161. The molecule has 0 spiro atoms. The van der Waals surface area contributed by atoms with Gasteiger partial charge in [0.05, 0.1) is 7.11 Å². The molecule has 0 radical (unpaired) electrons. The lowest BCUT2D eigenvalue weighted by molar-refractivity contribution is -0.144. The molecule has 106 valence electrons. The van der Waals surface area contributed by atoms with E-state index >= 15 is 0 Å². The summed E-state index contributed by atoms with van der Waals surface area (Å²) in [7, 11) is 3.58. The van der Waals surface area contributed by atoms with Gasteiger partial charge in [-0.25, -0.2) is 0 Å². The number of ether oxygens (including phenoxy) is 1. The molecule has 0 aliphatic heterocycles. The highest BCUT2D eigenvalue weighted by Gasteiger charge is 2.25. The van der Waals surface area contributed by atoms with Gasteiger partial charge in [-0.3, -0.25) is 4.79 Å². The SMILES string of the molecule is COC(=O)C(CN(C)C1CCCCC1)NC(C)C. The van der Waals surface area contributed by atoms with Gasteiger partial charge < -0.3 is 15.0 Å². The predicted octanol–water partition coefficient (Wildman–Crippen LogP) is 1.79. The van der Waals surface area contributed by atoms with Crippen molar-refractivity contribution in [1.82, 2.24) is 10.2 Å². The van der Waals surface area contributed by atoms with Crippen LogP contribution < -0.4 is 5.32 Å². The average molecular weight is 256 g/mol. The fourth-order valence-corrected chi connectivity index (χ4v) is 2.70. The molecule has 18 heavy (non-hydrogen) atoms.